The average Bonchev–Trinajstić information content (AvgIpc) is 2.99. The number of hydrogen-bond acceptors (Lipinski definition) is 5. The molecule has 1 aromatic carbocycles. The second-order valence-corrected chi connectivity index (χ2v) is 7.30. The summed E-state index contributed by atoms with van der Waals surface area (Å²) in [7, 11) is 0. The molecule has 1 aromatic heterocycles. The van der Waals surface area contributed by atoms with Crippen molar-refractivity contribution in [2.45, 2.75) is 52.5 Å². The molecular weight excluding hydrogens is 332 g/mol. The Bertz CT molecular complexity index is 760. The summed E-state index contributed by atoms with van der Waals surface area (Å²) in [6.45, 7) is 10.1. The fourth-order valence-corrected chi connectivity index (χ4v) is 2.35. The normalized spacial score (nSPS) is 12.5. The minimum absolute atomic E-state index is 0.0269. The second kappa shape index (κ2) is 8.12. The molecule has 140 valence electrons. The van der Waals surface area contributed by atoms with Gasteiger partial charge in [0.1, 0.15) is 6.04 Å². The third-order valence-corrected chi connectivity index (χ3v) is 3.96. The topological polar surface area (TPSA) is 97.1 Å². The summed E-state index contributed by atoms with van der Waals surface area (Å²) in [6, 6.07) is 6.78. The van der Waals surface area contributed by atoms with E-state index in [4.69, 9.17) is 4.52 Å². The van der Waals surface area contributed by atoms with Crippen molar-refractivity contribution in [2.75, 3.05) is 6.54 Å². The molecule has 0 saturated carbocycles. The summed E-state index contributed by atoms with van der Waals surface area (Å²) >= 11 is 0. The van der Waals surface area contributed by atoms with Crippen LogP contribution in [0.25, 0.3) is 0 Å². The zero-order valence-corrected chi connectivity index (χ0v) is 15.9. The van der Waals surface area contributed by atoms with Crippen molar-refractivity contribution in [3.8, 4) is 0 Å². The first-order valence-corrected chi connectivity index (χ1v) is 8.65. The molecule has 1 heterocycles. The highest BCUT2D eigenvalue weighted by Gasteiger charge is 2.18. The molecule has 2 aromatic rings. The Morgan fingerprint density at radius 2 is 1.85 bits per heavy atom. The van der Waals surface area contributed by atoms with Crippen LogP contribution in [0, 0.1) is 6.92 Å². The summed E-state index contributed by atoms with van der Waals surface area (Å²) in [4.78, 5) is 28.5. The molecule has 0 radical (unpaired) electrons. The van der Waals surface area contributed by atoms with E-state index in [1.165, 1.54) is 0 Å². The third kappa shape index (κ3) is 5.40. The lowest BCUT2D eigenvalue weighted by atomic mass is 9.86. The molecular formula is C19H26N4O3. The molecule has 2 amide bonds. The highest BCUT2D eigenvalue weighted by molar-refractivity contribution is 5.97. The number of carbonyl (C=O) groups is 2. The van der Waals surface area contributed by atoms with Crippen LogP contribution in [0.5, 0.6) is 0 Å². The predicted octanol–water partition coefficient (Wildman–Crippen LogP) is 2.15. The van der Waals surface area contributed by atoms with Crippen molar-refractivity contribution < 1.29 is 14.1 Å². The largest absolute Gasteiger partial charge is 0.354 e. The highest BCUT2D eigenvalue weighted by atomic mass is 16.5. The zero-order valence-electron chi connectivity index (χ0n) is 15.9. The van der Waals surface area contributed by atoms with Gasteiger partial charge in [-0.25, -0.2) is 0 Å². The molecule has 0 bridgehead atoms. The minimum atomic E-state index is -0.644. The van der Waals surface area contributed by atoms with Gasteiger partial charge >= 0.3 is 0 Å². The zero-order chi connectivity index (χ0) is 19.3. The Kier molecular flexibility index (Phi) is 6.13. The van der Waals surface area contributed by atoms with Crippen LogP contribution in [0.1, 0.15) is 55.3 Å². The van der Waals surface area contributed by atoms with E-state index in [-0.39, 0.29) is 17.2 Å². The van der Waals surface area contributed by atoms with Gasteiger partial charge in [-0.05, 0) is 37.0 Å². The number of rotatable bonds is 6. The van der Waals surface area contributed by atoms with E-state index in [0.29, 0.717) is 30.2 Å². The molecule has 0 aliphatic heterocycles. The van der Waals surface area contributed by atoms with E-state index < -0.39 is 6.04 Å². The fourth-order valence-electron chi connectivity index (χ4n) is 2.35. The predicted molar refractivity (Wildman–Crippen MR) is 97.8 cm³/mol. The quantitative estimate of drug-likeness (QED) is 0.825. The first kappa shape index (κ1) is 19.6. The Labute approximate surface area is 153 Å². The van der Waals surface area contributed by atoms with Crippen LogP contribution in [0.4, 0.5) is 0 Å². The number of hydrogen-bond donors (Lipinski definition) is 2. The maximum atomic E-state index is 12.3. The summed E-state index contributed by atoms with van der Waals surface area (Å²) in [5, 5.41) is 9.14. The molecule has 1 atom stereocenters. The lowest BCUT2D eigenvalue weighted by Gasteiger charge is -2.19. The van der Waals surface area contributed by atoms with Crippen molar-refractivity contribution in [1.82, 2.24) is 20.8 Å². The van der Waals surface area contributed by atoms with Crippen LogP contribution in [-0.2, 0) is 16.6 Å². The molecule has 26 heavy (non-hydrogen) atoms. The van der Waals surface area contributed by atoms with Gasteiger partial charge in [0.25, 0.3) is 5.91 Å². The molecule has 1 unspecified atom stereocenters. The van der Waals surface area contributed by atoms with Crippen LogP contribution in [0.15, 0.2) is 28.8 Å². The Hall–Kier alpha value is -2.70. The molecule has 0 spiro atoms. The first-order chi connectivity index (χ1) is 12.2. The van der Waals surface area contributed by atoms with Crippen LogP contribution >= 0.6 is 0 Å². The highest BCUT2D eigenvalue weighted by Crippen LogP contribution is 2.22. The molecule has 2 N–H and O–H groups in total. The molecule has 7 nitrogen and oxygen atoms in total. The van der Waals surface area contributed by atoms with Crippen LogP contribution in [0.2, 0.25) is 0 Å². The number of aryl methyl sites for hydroxylation is 1. The van der Waals surface area contributed by atoms with Gasteiger partial charge in [-0.3, -0.25) is 9.59 Å². The lowest BCUT2D eigenvalue weighted by Crippen LogP contribution is -2.45. The SMILES string of the molecule is Cc1noc(CCNC(=O)C(C)NC(=O)c2ccc(C(C)(C)C)cc2)n1. The van der Waals surface area contributed by atoms with E-state index in [0.717, 1.165) is 5.56 Å². The van der Waals surface area contributed by atoms with Gasteiger partial charge in [0.05, 0.1) is 0 Å². The van der Waals surface area contributed by atoms with Crippen molar-refractivity contribution in [3.63, 3.8) is 0 Å². The maximum absolute atomic E-state index is 12.3. The number of nitrogens with one attached hydrogen (secondary N) is 2. The lowest BCUT2D eigenvalue weighted by molar-refractivity contribution is -0.122. The first-order valence-electron chi connectivity index (χ1n) is 8.65. The van der Waals surface area contributed by atoms with Gasteiger partial charge in [0.2, 0.25) is 11.8 Å². The molecule has 0 aliphatic carbocycles. The van der Waals surface area contributed by atoms with E-state index >= 15 is 0 Å². The van der Waals surface area contributed by atoms with E-state index in [2.05, 4.69) is 41.5 Å². The van der Waals surface area contributed by atoms with E-state index in [1.54, 1.807) is 26.0 Å². The van der Waals surface area contributed by atoms with Gasteiger partial charge in [-0.2, -0.15) is 4.98 Å². The van der Waals surface area contributed by atoms with Gasteiger partial charge in [-0.1, -0.05) is 38.1 Å². The Morgan fingerprint density at radius 1 is 1.19 bits per heavy atom. The molecule has 0 fully saturated rings. The maximum Gasteiger partial charge on any atom is 0.251 e. The van der Waals surface area contributed by atoms with Crippen LogP contribution in [0.3, 0.4) is 0 Å². The van der Waals surface area contributed by atoms with Crippen molar-refractivity contribution in [3.05, 3.63) is 47.1 Å². The number of amides is 2. The second-order valence-electron chi connectivity index (χ2n) is 7.30. The van der Waals surface area contributed by atoms with Gasteiger partial charge < -0.3 is 15.2 Å². The molecule has 2 rings (SSSR count). The van der Waals surface area contributed by atoms with Gasteiger partial charge in [-0.15, -0.1) is 0 Å². The average molecular weight is 358 g/mol. The van der Waals surface area contributed by atoms with E-state index in [1.807, 2.05) is 12.1 Å². The smallest absolute Gasteiger partial charge is 0.251 e. The molecule has 0 aliphatic rings. The number of aromatic nitrogens is 2. The summed E-state index contributed by atoms with van der Waals surface area (Å²) in [5.74, 6) is 0.490. The van der Waals surface area contributed by atoms with Crippen molar-refractivity contribution in [1.29, 1.82) is 0 Å². The van der Waals surface area contributed by atoms with Gasteiger partial charge in [0.15, 0.2) is 5.82 Å². The van der Waals surface area contributed by atoms with Crippen molar-refractivity contribution >= 4 is 11.8 Å². The van der Waals surface area contributed by atoms with Crippen LogP contribution < -0.4 is 10.6 Å². The number of carbonyl (C=O) groups excluding carboxylic acids is 2. The standard InChI is InChI=1S/C19H26N4O3/c1-12(17(24)20-11-10-16-22-13(2)23-26-16)21-18(25)14-6-8-15(9-7-14)19(3,4)5/h6-9,12H,10-11H2,1-5H3,(H,20,24)(H,21,25). The Morgan fingerprint density at radius 3 is 2.38 bits per heavy atom. The molecule has 0 saturated heterocycles. The molecule has 7 heteroatoms. The number of benzene rings is 1. The van der Waals surface area contributed by atoms with Crippen molar-refractivity contribution in [2.24, 2.45) is 0 Å². The monoisotopic (exact) mass is 358 g/mol. The fraction of sp³-hybridized carbons (Fsp3) is 0.474. The van der Waals surface area contributed by atoms with Gasteiger partial charge in [0, 0.05) is 18.5 Å². The summed E-state index contributed by atoms with van der Waals surface area (Å²) < 4.78 is 4.98. The van der Waals surface area contributed by atoms with E-state index in [9.17, 15) is 9.59 Å². The third-order valence-electron chi connectivity index (χ3n) is 3.96. The summed E-state index contributed by atoms with van der Waals surface area (Å²) in [5.41, 5.74) is 1.70. The Balaban J connectivity index is 1.82. The number of nitrogens with zero attached hydrogens (tertiary/aromatic N) is 2. The summed E-state index contributed by atoms with van der Waals surface area (Å²) in [6.07, 6.45) is 0.446. The van der Waals surface area contributed by atoms with Crippen LogP contribution in [-0.4, -0.2) is 34.5 Å². The minimum Gasteiger partial charge on any atom is -0.354 e.